The summed E-state index contributed by atoms with van der Waals surface area (Å²) in [5, 5.41) is 1.27. The van der Waals surface area contributed by atoms with E-state index in [-0.39, 0.29) is 5.92 Å². The van der Waals surface area contributed by atoms with Gasteiger partial charge in [-0.15, -0.1) is 22.8 Å². The van der Waals surface area contributed by atoms with Crippen LogP contribution in [0.3, 0.4) is 0 Å². The summed E-state index contributed by atoms with van der Waals surface area (Å²) in [6, 6.07) is 20.3. The van der Waals surface area contributed by atoms with Gasteiger partial charge in [0.05, 0.1) is 12.5 Å². The van der Waals surface area contributed by atoms with Crippen LogP contribution in [0, 0.1) is 11.5 Å². The van der Waals surface area contributed by atoms with Crippen LogP contribution in [0.25, 0.3) is 10.1 Å². The number of fused-ring (bicyclic) bond motifs is 1. The molecule has 4 heteroatoms. The molecule has 1 aromatic heterocycles. The molecule has 0 aliphatic rings. The Morgan fingerprint density at radius 3 is 2.50 bits per heavy atom. The van der Waals surface area contributed by atoms with Crippen LogP contribution in [0.4, 0.5) is 0 Å². The van der Waals surface area contributed by atoms with Crippen molar-refractivity contribution in [3.8, 4) is 11.5 Å². The Hall–Kier alpha value is -1.90. The molecule has 0 spiro atoms. The smallest absolute Gasteiger partial charge is 0.146 e. The third-order valence-electron chi connectivity index (χ3n) is 4.69. The molecule has 146 valence electrons. The van der Waals surface area contributed by atoms with Crippen LogP contribution in [0.5, 0.6) is 0 Å². The van der Waals surface area contributed by atoms with E-state index in [9.17, 15) is 0 Å². The number of hydrogen-bond donors (Lipinski definition) is 0. The Morgan fingerprint density at radius 1 is 1.04 bits per heavy atom. The first-order valence-corrected chi connectivity index (χ1v) is 13.7. The number of thiophene rings is 1. The third-order valence-corrected chi connectivity index (χ3v) is 8.20. The van der Waals surface area contributed by atoms with Crippen molar-refractivity contribution in [2.45, 2.75) is 38.6 Å². The first-order chi connectivity index (χ1) is 13.5. The Morgan fingerprint density at radius 2 is 1.75 bits per heavy atom. The van der Waals surface area contributed by atoms with Crippen LogP contribution in [0.1, 0.15) is 28.8 Å². The lowest BCUT2D eigenvalue weighted by Crippen LogP contribution is -2.27. The molecule has 0 fully saturated rings. The van der Waals surface area contributed by atoms with Crippen LogP contribution < -0.4 is 0 Å². The Balaban J connectivity index is 1.84. The summed E-state index contributed by atoms with van der Waals surface area (Å²) in [7, 11) is 0.0178. The molecule has 0 aliphatic carbocycles. The van der Waals surface area contributed by atoms with Crippen LogP contribution in [0.15, 0.2) is 54.6 Å². The van der Waals surface area contributed by atoms with Crippen molar-refractivity contribution < 1.29 is 9.47 Å². The molecule has 1 atom stereocenters. The second-order valence-corrected chi connectivity index (χ2v) is 13.2. The molecule has 2 aromatic carbocycles. The Bertz CT molecular complexity index is 966. The zero-order valence-corrected chi connectivity index (χ0v) is 18.9. The van der Waals surface area contributed by atoms with Gasteiger partial charge in [-0.05, 0) is 30.0 Å². The van der Waals surface area contributed by atoms with Gasteiger partial charge in [-0.25, -0.2) is 0 Å². The van der Waals surface area contributed by atoms with Crippen molar-refractivity contribution in [3.63, 3.8) is 0 Å². The van der Waals surface area contributed by atoms with Gasteiger partial charge >= 0.3 is 0 Å². The Labute approximate surface area is 173 Å². The van der Waals surface area contributed by atoms with Crippen LogP contribution in [0.2, 0.25) is 13.1 Å². The average Bonchev–Trinajstić information content (AvgIpc) is 3.06. The molecule has 0 N–H and O–H groups in total. The second kappa shape index (κ2) is 9.53. The van der Waals surface area contributed by atoms with E-state index in [2.05, 4.69) is 86.1 Å². The molecule has 0 saturated heterocycles. The highest BCUT2D eigenvalue weighted by Gasteiger charge is 2.20. The lowest BCUT2D eigenvalue weighted by Gasteiger charge is -2.15. The zero-order chi connectivity index (χ0) is 20.0. The fourth-order valence-electron chi connectivity index (χ4n) is 3.36. The minimum Gasteiger partial charge on any atom is -0.359 e. The van der Waals surface area contributed by atoms with Crippen molar-refractivity contribution in [1.82, 2.24) is 0 Å². The third kappa shape index (κ3) is 5.33. The second-order valence-electron chi connectivity index (χ2n) is 7.73. The molecular weight excluding hydrogens is 380 g/mol. The molecule has 2 nitrogen and oxygen atoms in total. The molecule has 0 amide bonds. The summed E-state index contributed by atoms with van der Waals surface area (Å²) >= 11 is 1.84. The van der Waals surface area contributed by atoms with Crippen molar-refractivity contribution in [2.75, 3.05) is 13.9 Å². The fourth-order valence-corrected chi connectivity index (χ4v) is 6.53. The van der Waals surface area contributed by atoms with Gasteiger partial charge in [0.25, 0.3) is 0 Å². The highest BCUT2D eigenvalue weighted by molar-refractivity contribution is 7.19. The number of rotatable bonds is 7. The number of ether oxygens (including phenoxy) is 2. The van der Waals surface area contributed by atoms with E-state index in [0.29, 0.717) is 13.4 Å². The summed E-state index contributed by atoms with van der Waals surface area (Å²) < 4.78 is 12.0. The fraction of sp³-hybridized carbons (Fsp3) is 0.333. The molecule has 0 unspecified atom stereocenters. The van der Waals surface area contributed by atoms with Crippen molar-refractivity contribution in [2.24, 2.45) is 0 Å². The monoisotopic (exact) mass is 408 g/mol. The van der Waals surface area contributed by atoms with Gasteiger partial charge in [0.2, 0.25) is 0 Å². The predicted octanol–water partition coefficient (Wildman–Crippen LogP) is 6.16. The van der Waals surface area contributed by atoms with Gasteiger partial charge in [-0.2, -0.15) is 0 Å². The molecule has 0 aliphatic heterocycles. The molecule has 28 heavy (non-hydrogen) atoms. The first kappa shape index (κ1) is 20.8. The first-order valence-electron chi connectivity index (χ1n) is 9.64. The maximum atomic E-state index is 5.70. The van der Waals surface area contributed by atoms with E-state index in [4.69, 9.17) is 9.47 Å². The van der Waals surface area contributed by atoms with E-state index in [1.54, 1.807) is 7.11 Å². The lowest BCUT2D eigenvalue weighted by atomic mass is 10.0. The highest BCUT2D eigenvalue weighted by atomic mass is 32.1. The number of methoxy groups -OCH3 is 1. The summed E-state index contributed by atoms with van der Waals surface area (Å²) in [5.74, 6) is 3.78. The minimum absolute atomic E-state index is 0.195. The summed E-state index contributed by atoms with van der Waals surface area (Å²) in [4.78, 5) is 1.31. The van der Waals surface area contributed by atoms with E-state index >= 15 is 0 Å². The molecule has 0 bridgehead atoms. The molecule has 1 heterocycles. The molecule has 3 aromatic rings. The standard InChI is InChI=1S/C24H28O2SSi/c1-19(14-15-28(3,4)17-20-10-6-5-7-11-20)24-22(16-26-18-25-2)21-12-8-9-13-23(21)27-24/h5-13,19H,16-18H2,1-4H3/t19-/m0/s1. The van der Waals surface area contributed by atoms with Gasteiger partial charge in [0, 0.05) is 22.3 Å². The lowest BCUT2D eigenvalue weighted by molar-refractivity contribution is -0.0388. The molecule has 0 radical (unpaired) electrons. The van der Waals surface area contributed by atoms with Gasteiger partial charge in [0.15, 0.2) is 0 Å². The molecule has 3 rings (SSSR count). The van der Waals surface area contributed by atoms with Gasteiger partial charge in [-0.3, -0.25) is 0 Å². The van der Waals surface area contributed by atoms with E-state index in [1.165, 1.54) is 26.1 Å². The van der Waals surface area contributed by atoms with Gasteiger partial charge in [0.1, 0.15) is 14.9 Å². The topological polar surface area (TPSA) is 18.5 Å². The minimum atomic E-state index is -1.64. The highest BCUT2D eigenvalue weighted by Crippen LogP contribution is 2.36. The molecule has 0 saturated carbocycles. The van der Waals surface area contributed by atoms with E-state index in [1.807, 2.05) is 11.3 Å². The molecular formula is C24H28O2SSi. The zero-order valence-electron chi connectivity index (χ0n) is 17.1. The van der Waals surface area contributed by atoms with Crippen LogP contribution in [-0.2, 0) is 22.1 Å². The maximum absolute atomic E-state index is 5.70. The van der Waals surface area contributed by atoms with Gasteiger partial charge in [-0.1, -0.05) is 61.6 Å². The van der Waals surface area contributed by atoms with E-state index in [0.717, 1.165) is 6.04 Å². The Kier molecular flexibility index (Phi) is 7.09. The van der Waals surface area contributed by atoms with Crippen molar-refractivity contribution in [1.29, 1.82) is 0 Å². The average molecular weight is 409 g/mol. The summed E-state index contributed by atoms with van der Waals surface area (Å²) in [6.07, 6.45) is 0. The maximum Gasteiger partial charge on any atom is 0.146 e. The number of benzene rings is 2. The summed E-state index contributed by atoms with van der Waals surface area (Å²) in [5.41, 5.74) is 6.31. The van der Waals surface area contributed by atoms with Crippen LogP contribution in [-0.4, -0.2) is 22.0 Å². The van der Waals surface area contributed by atoms with Crippen molar-refractivity contribution in [3.05, 3.63) is 70.6 Å². The van der Waals surface area contributed by atoms with Crippen LogP contribution >= 0.6 is 11.3 Å². The number of hydrogen-bond acceptors (Lipinski definition) is 3. The van der Waals surface area contributed by atoms with Gasteiger partial charge < -0.3 is 9.47 Å². The van der Waals surface area contributed by atoms with Crippen molar-refractivity contribution >= 4 is 29.5 Å². The predicted molar refractivity (Wildman–Crippen MR) is 122 cm³/mol. The normalized spacial score (nSPS) is 12.6. The quantitative estimate of drug-likeness (QED) is 0.202. The largest absolute Gasteiger partial charge is 0.359 e. The summed E-state index contributed by atoms with van der Waals surface area (Å²) in [6.45, 7) is 7.79. The SMILES string of the molecule is COCOCc1c([C@@H](C)C#C[Si](C)(C)Cc2ccccc2)sc2ccccc12. The van der Waals surface area contributed by atoms with E-state index < -0.39 is 8.07 Å².